The Morgan fingerprint density at radius 3 is 2.45 bits per heavy atom. The van der Waals surface area contributed by atoms with Crippen molar-refractivity contribution in [1.29, 1.82) is 0 Å². The number of hydrogen-bond acceptors (Lipinski definition) is 2. The molecule has 4 heteroatoms. The molecule has 1 atom stereocenters. The summed E-state index contributed by atoms with van der Waals surface area (Å²) in [6.07, 6.45) is 2.79. The van der Waals surface area contributed by atoms with Gasteiger partial charge in [-0.1, -0.05) is 26.0 Å². The number of nitrogens with zero attached hydrogens (tertiary/aromatic N) is 1. The molecule has 0 aliphatic heterocycles. The maximum atomic E-state index is 12.9. The Balaban J connectivity index is 2.03. The minimum atomic E-state index is -0.434. The summed E-state index contributed by atoms with van der Waals surface area (Å²) in [5, 5.41) is 0. The Labute approximate surface area is 120 Å². The number of rotatable bonds is 6. The first kappa shape index (κ1) is 15.0. The van der Waals surface area contributed by atoms with Crippen molar-refractivity contribution in [2.24, 2.45) is 11.7 Å². The number of hydrogen-bond donors (Lipinski definition) is 1. The van der Waals surface area contributed by atoms with Crippen molar-refractivity contribution >= 4 is 5.91 Å². The Morgan fingerprint density at radius 1 is 1.35 bits per heavy atom. The fourth-order valence-corrected chi connectivity index (χ4v) is 2.38. The summed E-state index contributed by atoms with van der Waals surface area (Å²) in [5.41, 5.74) is 6.96. The minimum Gasteiger partial charge on any atom is -0.334 e. The molecule has 2 rings (SSSR count). The van der Waals surface area contributed by atoms with Gasteiger partial charge in [-0.3, -0.25) is 4.79 Å². The van der Waals surface area contributed by atoms with E-state index in [-0.39, 0.29) is 11.7 Å². The van der Waals surface area contributed by atoms with Gasteiger partial charge < -0.3 is 10.6 Å². The van der Waals surface area contributed by atoms with E-state index in [4.69, 9.17) is 5.73 Å². The van der Waals surface area contributed by atoms with E-state index in [1.165, 1.54) is 12.1 Å². The van der Waals surface area contributed by atoms with E-state index < -0.39 is 6.04 Å². The van der Waals surface area contributed by atoms with Crippen molar-refractivity contribution in [1.82, 2.24) is 4.90 Å². The van der Waals surface area contributed by atoms with Crippen LogP contribution in [0.1, 0.15) is 38.7 Å². The third kappa shape index (κ3) is 4.04. The highest BCUT2D eigenvalue weighted by molar-refractivity contribution is 5.82. The second kappa shape index (κ2) is 6.35. The molecular weight excluding hydrogens is 255 g/mol. The first-order chi connectivity index (χ1) is 9.47. The molecule has 1 aliphatic rings. The zero-order valence-corrected chi connectivity index (χ0v) is 12.2. The summed E-state index contributed by atoms with van der Waals surface area (Å²) in [5.74, 6) is 0.168. The molecule has 1 aromatic carbocycles. The van der Waals surface area contributed by atoms with E-state index in [1.54, 1.807) is 12.1 Å². The number of carbonyl (C=O) groups excluding carboxylic acids is 1. The molecule has 3 nitrogen and oxygen atoms in total. The lowest BCUT2D eigenvalue weighted by Gasteiger charge is -2.26. The van der Waals surface area contributed by atoms with Crippen molar-refractivity contribution < 1.29 is 9.18 Å². The molecule has 2 N–H and O–H groups in total. The molecule has 0 radical (unpaired) electrons. The molecule has 0 spiro atoms. The number of halogens is 1. The third-order valence-corrected chi connectivity index (χ3v) is 3.58. The van der Waals surface area contributed by atoms with Gasteiger partial charge >= 0.3 is 0 Å². The highest BCUT2D eigenvalue weighted by Gasteiger charge is 2.34. The number of nitrogens with two attached hydrogens (primary N) is 1. The molecule has 1 fully saturated rings. The highest BCUT2D eigenvalue weighted by Crippen LogP contribution is 2.29. The van der Waals surface area contributed by atoms with Gasteiger partial charge in [0, 0.05) is 12.6 Å². The van der Waals surface area contributed by atoms with E-state index in [1.807, 2.05) is 4.90 Å². The van der Waals surface area contributed by atoms with Crippen LogP contribution in [0.4, 0.5) is 4.39 Å². The molecular formula is C16H23FN2O. The third-order valence-electron chi connectivity index (χ3n) is 3.58. The summed E-state index contributed by atoms with van der Waals surface area (Å²) in [6.45, 7) is 4.65. The first-order valence-corrected chi connectivity index (χ1v) is 7.28. The summed E-state index contributed by atoms with van der Waals surface area (Å²) >= 11 is 0. The highest BCUT2D eigenvalue weighted by atomic mass is 19.1. The number of benzene rings is 1. The number of carbonyl (C=O) groups is 1. The normalized spacial score (nSPS) is 16.2. The Hall–Kier alpha value is -1.42. The van der Waals surface area contributed by atoms with Gasteiger partial charge in [0.2, 0.25) is 5.91 Å². The van der Waals surface area contributed by atoms with Crippen LogP contribution in [0.15, 0.2) is 24.3 Å². The van der Waals surface area contributed by atoms with Crippen molar-refractivity contribution in [3.8, 4) is 0 Å². The predicted octanol–water partition coefficient (Wildman–Crippen LogP) is 2.69. The molecule has 0 bridgehead atoms. The molecule has 1 amide bonds. The van der Waals surface area contributed by atoms with E-state index in [2.05, 4.69) is 13.8 Å². The van der Waals surface area contributed by atoms with E-state index in [0.29, 0.717) is 24.9 Å². The topological polar surface area (TPSA) is 46.3 Å². The molecule has 110 valence electrons. The fraction of sp³-hybridized carbons (Fsp3) is 0.562. The lowest BCUT2D eigenvalue weighted by molar-refractivity contribution is -0.134. The van der Waals surface area contributed by atoms with Crippen LogP contribution in [-0.2, 0) is 11.3 Å². The van der Waals surface area contributed by atoms with Gasteiger partial charge in [-0.25, -0.2) is 4.39 Å². The van der Waals surface area contributed by atoms with Crippen LogP contribution in [0.2, 0.25) is 0 Å². The quantitative estimate of drug-likeness (QED) is 0.869. The smallest absolute Gasteiger partial charge is 0.240 e. The predicted molar refractivity (Wildman–Crippen MR) is 77.4 cm³/mol. The molecule has 0 saturated heterocycles. The van der Waals surface area contributed by atoms with Gasteiger partial charge in [0.15, 0.2) is 0 Å². The van der Waals surface area contributed by atoms with Crippen molar-refractivity contribution in [3.63, 3.8) is 0 Å². The summed E-state index contributed by atoms with van der Waals surface area (Å²) < 4.78 is 12.9. The van der Waals surface area contributed by atoms with E-state index in [9.17, 15) is 9.18 Å². The van der Waals surface area contributed by atoms with E-state index in [0.717, 1.165) is 18.4 Å². The maximum absolute atomic E-state index is 12.9. The lowest BCUT2D eigenvalue weighted by Crippen LogP contribution is -2.45. The summed E-state index contributed by atoms with van der Waals surface area (Å²) in [4.78, 5) is 14.3. The monoisotopic (exact) mass is 278 g/mol. The van der Waals surface area contributed by atoms with Gasteiger partial charge in [0.1, 0.15) is 5.82 Å². The maximum Gasteiger partial charge on any atom is 0.240 e. The minimum absolute atomic E-state index is 0.0190. The van der Waals surface area contributed by atoms with Crippen LogP contribution in [0.25, 0.3) is 0 Å². The Bertz CT molecular complexity index is 454. The van der Waals surface area contributed by atoms with Crippen LogP contribution in [0.3, 0.4) is 0 Å². The zero-order chi connectivity index (χ0) is 14.7. The molecule has 20 heavy (non-hydrogen) atoms. The average Bonchev–Trinajstić information content (AvgIpc) is 3.21. The fourth-order valence-electron chi connectivity index (χ4n) is 2.38. The SMILES string of the molecule is CC(C)C[C@H](N)C(=O)N(Cc1ccc(F)cc1)C1CC1. The number of amides is 1. The Morgan fingerprint density at radius 2 is 1.95 bits per heavy atom. The van der Waals surface area contributed by atoms with Crippen LogP contribution in [-0.4, -0.2) is 22.9 Å². The van der Waals surface area contributed by atoms with Crippen LogP contribution < -0.4 is 5.73 Å². The zero-order valence-electron chi connectivity index (χ0n) is 12.2. The average molecular weight is 278 g/mol. The van der Waals surface area contributed by atoms with Crippen LogP contribution in [0, 0.1) is 11.7 Å². The first-order valence-electron chi connectivity index (χ1n) is 7.28. The molecule has 0 unspecified atom stereocenters. The van der Waals surface area contributed by atoms with Crippen molar-refractivity contribution in [2.75, 3.05) is 0 Å². The lowest BCUT2D eigenvalue weighted by atomic mass is 10.0. The van der Waals surface area contributed by atoms with Crippen LogP contribution in [0.5, 0.6) is 0 Å². The summed E-state index contributed by atoms with van der Waals surface area (Å²) in [6, 6.07) is 6.19. The molecule has 1 aliphatic carbocycles. The van der Waals surface area contributed by atoms with Gasteiger partial charge in [-0.2, -0.15) is 0 Å². The standard InChI is InChI=1S/C16H23FN2O/c1-11(2)9-15(18)16(20)19(14-7-8-14)10-12-3-5-13(17)6-4-12/h3-6,11,14-15H,7-10,18H2,1-2H3/t15-/m0/s1. The largest absolute Gasteiger partial charge is 0.334 e. The van der Waals surface area contributed by atoms with Gasteiger partial charge in [0.25, 0.3) is 0 Å². The second-order valence-corrected chi connectivity index (χ2v) is 6.06. The van der Waals surface area contributed by atoms with Gasteiger partial charge in [-0.05, 0) is 42.9 Å². The van der Waals surface area contributed by atoms with Crippen LogP contribution >= 0.6 is 0 Å². The second-order valence-electron chi connectivity index (χ2n) is 6.06. The molecule has 0 aromatic heterocycles. The van der Waals surface area contributed by atoms with E-state index >= 15 is 0 Å². The van der Waals surface area contributed by atoms with Gasteiger partial charge in [0.05, 0.1) is 6.04 Å². The molecule has 0 heterocycles. The molecule has 1 saturated carbocycles. The Kier molecular flexibility index (Phi) is 4.76. The van der Waals surface area contributed by atoms with Crippen molar-refractivity contribution in [3.05, 3.63) is 35.6 Å². The summed E-state index contributed by atoms with van der Waals surface area (Å²) in [7, 11) is 0. The van der Waals surface area contributed by atoms with Gasteiger partial charge in [-0.15, -0.1) is 0 Å². The molecule has 1 aromatic rings. The van der Waals surface area contributed by atoms with Crippen molar-refractivity contribution in [2.45, 2.75) is 51.7 Å².